The molecule has 1 unspecified atom stereocenters. The molecule has 1 amide bonds. The van der Waals surface area contributed by atoms with Crippen LogP contribution < -0.4 is 11.1 Å². The standard InChI is InChI=1S/C17H28N2OS/c1-12(2)13-6-8-14(9-7-13)15(18)10-19-16(20)11-21-17(3,4)5/h6-9,12,15H,10-11,18H2,1-5H3,(H,19,20). The van der Waals surface area contributed by atoms with Crippen LogP contribution in [0.15, 0.2) is 24.3 Å². The molecule has 0 aromatic heterocycles. The zero-order chi connectivity index (χ0) is 16.0. The van der Waals surface area contributed by atoms with E-state index in [1.165, 1.54) is 5.56 Å². The lowest BCUT2D eigenvalue weighted by Gasteiger charge is -2.18. The Bertz CT molecular complexity index is 449. The molecule has 0 fully saturated rings. The van der Waals surface area contributed by atoms with Crippen LogP contribution in [0.4, 0.5) is 0 Å². The number of benzene rings is 1. The number of carbonyl (C=O) groups excluding carboxylic acids is 1. The van der Waals surface area contributed by atoms with Gasteiger partial charge in [0.1, 0.15) is 0 Å². The molecule has 1 atom stereocenters. The van der Waals surface area contributed by atoms with Crippen LogP contribution in [0.3, 0.4) is 0 Å². The molecule has 0 bridgehead atoms. The van der Waals surface area contributed by atoms with Crippen LogP contribution in [-0.4, -0.2) is 23.0 Å². The van der Waals surface area contributed by atoms with Crippen molar-refractivity contribution in [2.45, 2.75) is 51.3 Å². The summed E-state index contributed by atoms with van der Waals surface area (Å²) in [6.07, 6.45) is 0. The fraction of sp³-hybridized carbons (Fsp3) is 0.588. The normalized spacial score (nSPS) is 13.3. The van der Waals surface area contributed by atoms with Crippen molar-refractivity contribution in [1.29, 1.82) is 0 Å². The molecule has 0 aliphatic heterocycles. The van der Waals surface area contributed by atoms with Gasteiger partial charge in [0.2, 0.25) is 5.91 Å². The molecule has 0 aliphatic rings. The van der Waals surface area contributed by atoms with Crippen LogP contribution in [0, 0.1) is 0 Å². The smallest absolute Gasteiger partial charge is 0.230 e. The fourth-order valence-electron chi connectivity index (χ4n) is 1.80. The molecular weight excluding hydrogens is 280 g/mol. The maximum absolute atomic E-state index is 11.8. The third-order valence-corrected chi connectivity index (χ3v) is 4.46. The van der Waals surface area contributed by atoms with Crippen LogP contribution in [0.25, 0.3) is 0 Å². The number of nitrogens with two attached hydrogens (primary N) is 1. The van der Waals surface area contributed by atoms with E-state index in [1.807, 2.05) is 0 Å². The molecule has 21 heavy (non-hydrogen) atoms. The Morgan fingerprint density at radius 1 is 1.19 bits per heavy atom. The Kier molecular flexibility index (Phi) is 6.75. The minimum absolute atomic E-state index is 0.0455. The lowest BCUT2D eigenvalue weighted by Crippen LogP contribution is -2.33. The van der Waals surface area contributed by atoms with Gasteiger partial charge in [0.25, 0.3) is 0 Å². The molecule has 0 saturated carbocycles. The second-order valence-electron chi connectivity index (χ2n) is 6.63. The summed E-state index contributed by atoms with van der Waals surface area (Å²) in [5.74, 6) is 1.04. The Labute approximate surface area is 133 Å². The van der Waals surface area contributed by atoms with Crippen molar-refractivity contribution in [2.24, 2.45) is 5.73 Å². The van der Waals surface area contributed by atoms with Gasteiger partial charge in [-0.05, 0) is 17.0 Å². The van der Waals surface area contributed by atoms with Gasteiger partial charge in [-0.3, -0.25) is 4.79 Å². The Balaban J connectivity index is 2.42. The molecule has 0 radical (unpaired) electrons. The van der Waals surface area contributed by atoms with E-state index in [0.717, 1.165) is 5.56 Å². The predicted molar refractivity (Wildman–Crippen MR) is 92.7 cm³/mol. The largest absolute Gasteiger partial charge is 0.353 e. The topological polar surface area (TPSA) is 55.1 Å². The van der Waals surface area contributed by atoms with Crippen molar-refractivity contribution < 1.29 is 4.79 Å². The second kappa shape index (κ2) is 7.85. The molecule has 0 spiro atoms. The van der Waals surface area contributed by atoms with Crippen molar-refractivity contribution in [3.8, 4) is 0 Å². The Hall–Kier alpha value is -1.00. The summed E-state index contributed by atoms with van der Waals surface area (Å²) >= 11 is 1.64. The number of carbonyl (C=O) groups is 1. The summed E-state index contributed by atoms with van der Waals surface area (Å²) in [5, 5.41) is 2.91. The number of rotatable bonds is 6. The average molecular weight is 308 g/mol. The molecule has 1 rings (SSSR count). The first-order chi connectivity index (χ1) is 9.69. The molecule has 1 aromatic carbocycles. The molecule has 0 saturated heterocycles. The minimum Gasteiger partial charge on any atom is -0.353 e. The highest BCUT2D eigenvalue weighted by Crippen LogP contribution is 2.22. The quantitative estimate of drug-likeness (QED) is 0.846. The summed E-state index contributed by atoms with van der Waals surface area (Å²) < 4.78 is 0.103. The van der Waals surface area contributed by atoms with Gasteiger partial charge in [-0.1, -0.05) is 58.9 Å². The van der Waals surface area contributed by atoms with Crippen molar-refractivity contribution >= 4 is 17.7 Å². The first kappa shape index (κ1) is 18.1. The average Bonchev–Trinajstić information content (AvgIpc) is 2.41. The maximum atomic E-state index is 11.8. The van der Waals surface area contributed by atoms with Gasteiger partial charge in [-0.25, -0.2) is 0 Å². The molecular formula is C17H28N2OS. The molecule has 1 aromatic rings. The lowest BCUT2D eigenvalue weighted by molar-refractivity contribution is -0.118. The van der Waals surface area contributed by atoms with Crippen LogP contribution >= 0.6 is 11.8 Å². The zero-order valence-corrected chi connectivity index (χ0v) is 14.6. The molecule has 3 N–H and O–H groups in total. The van der Waals surface area contributed by atoms with Crippen LogP contribution in [0.5, 0.6) is 0 Å². The van der Waals surface area contributed by atoms with E-state index >= 15 is 0 Å². The van der Waals surface area contributed by atoms with Gasteiger partial charge in [-0.15, -0.1) is 11.8 Å². The van der Waals surface area contributed by atoms with E-state index in [1.54, 1.807) is 11.8 Å². The van der Waals surface area contributed by atoms with Crippen molar-refractivity contribution in [3.63, 3.8) is 0 Å². The highest BCUT2D eigenvalue weighted by Gasteiger charge is 2.14. The summed E-state index contributed by atoms with van der Waals surface area (Å²) in [6.45, 7) is 11.1. The lowest BCUT2D eigenvalue weighted by atomic mass is 9.99. The van der Waals surface area contributed by atoms with Gasteiger partial charge >= 0.3 is 0 Å². The van der Waals surface area contributed by atoms with Crippen LogP contribution in [-0.2, 0) is 4.79 Å². The SMILES string of the molecule is CC(C)c1ccc(C(N)CNC(=O)CSC(C)(C)C)cc1. The second-order valence-corrected chi connectivity index (χ2v) is 8.44. The van der Waals surface area contributed by atoms with E-state index in [-0.39, 0.29) is 16.7 Å². The highest BCUT2D eigenvalue weighted by molar-refractivity contribution is 8.01. The van der Waals surface area contributed by atoms with E-state index in [4.69, 9.17) is 5.73 Å². The van der Waals surface area contributed by atoms with Gasteiger partial charge in [0, 0.05) is 17.3 Å². The van der Waals surface area contributed by atoms with E-state index in [0.29, 0.717) is 18.2 Å². The number of hydrogen-bond donors (Lipinski definition) is 2. The van der Waals surface area contributed by atoms with Gasteiger partial charge < -0.3 is 11.1 Å². The van der Waals surface area contributed by atoms with Crippen molar-refractivity contribution in [2.75, 3.05) is 12.3 Å². The number of hydrogen-bond acceptors (Lipinski definition) is 3. The van der Waals surface area contributed by atoms with E-state index < -0.39 is 0 Å². The summed E-state index contributed by atoms with van der Waals surface area (Å²) in [4.78, 5) is 11.8. The van der Waals surface area contributed by atoms with Crippen LogP contribution in [0.1, 0.15) is 57.7 Å². The predicted octanol–water partition coefficient (Wildman–Crippen LogP) is 3.46. The Morgan fingerprint density at radius 2 is 1.71 bits per heavy atom. The van der Waals surface area contributed by atoms with Crippen molar-refractivity contribution in [1.82, 2.24) is 5.32 Å². The van der Waals surface area contributed by atoms with Gasteiger partial charge in [0.05, 0.1) is 5.75 Å². The summed E-state index contributed by atoms with van der Waals surface area (Å²) in [7, 11) is 0. The summed E-state index contributed by atoms with van der Waals surface area (Å²) in [5.41, 5.74) is 8.49. The first-order valence-electron chi connectivity index (χ1n) is 7.45. The molecule has 4 heteroatoms. The van der Waals surface area contributed by atoms with Gasteiger partial charge in [-0.2, -0.15) is 0 Å². The molecule has 3 nitrogen and oxygen atoms in total. The number of nitrogens with one attached hydrogen (secondary N) is 1. The molecule has 0 heterocycles. The van der Waals surface area contributed by atoms with E-state index in [9.17, 15) is 4.79 Å². The zero-order valence-electron chi connectivity index (χ0n) is 13.8. The number of thioether (sulfide) groups is 1. The van der Waals surface area contributed by atoms with Crippen LogP contribution in [0.2, 0.25) is 0 Å². The third kappa shape index (κ3) is 7.00. The monoisotopic (exact) mass is 308 g/mol. The van der Waals surface area contributed by atoms with Crippen molar-refractivity contribution in [3.05, 3.63) is 35.4 Å². The summed E-state index contributed by atoms with van der Waals surface area (Å²) in [6, 6.07) is 8.16. The molecule has 0 aliphatic carbocycles. The minimum atomic E-state index is -0.158. The maximum Gasteiger partial charge on any atom is 0.230 e. The Morgan fingerprint density at radius 3 is 2.19 bits per heavy atom. The molecule has 118 valence electrons. The highest BCUT2D eigenvalue weighted by atomic mass is 32.2. The fourth-order valence-corrected chi connectivity index (χ4v) is 2.47. The number of amides is 1. The first-order valence-corrected chi connectivity index (χ1v) is 8.43. The van der Waals surface area contributed by atoms with E-state index in [2.05, 4.69) is 64.2 Å². The van der Waals surface area contributed by atoms with Gasteiger partial charge in [0.15, 0.2) is 0 Å². The third-order valence-electron chi connectivity index (χ3n) is 3.19.